The number of rotatable bonds is 4. The first-order chi connectivity index (χ1) is 9.86. The van der Waals surface area contributed by atoms with Crippen molar-refractivity contribution in [1.29, 1.82) is 0 Å². The minimum Gasteiger partial charge on any atom is -0.250 e. The predicted molar refractivity (Wildman–Crippen MR) is 92.5 cm³/mol. The molecule has 0 N–H and O–H groups in total. The molecule has 0 atom stereocenters. The summed E-state index contributed by atoms with van der Waals surface area (Å²) in [7, 11) is 0. The predicted octanol–water partition coefficient (Wildman–Crippen LogP) is 4.94. The number of benzene rings is 1. The Morgan fingerprint density at radius 1 is 1.00 bits per heavy atom. The molecule has 1 aromatic carbocycles. The quantitative estimate of drug-likeness (QED) is 0.791. The molecule has 0 spiro atoms. The summed E-state index contributed by atoms with van der Waals surface area (Å²) >= 11 is 6.09. The molecule has 4 heteroatoms. The van der Waals surface area contributed by atoms with Gasteiger partial charge in [-0.1, -0.05) is 48.2 Å². The highest BCUT2D eigenvalue weighted by Gasteiger charge is 2.35. The highest BCUT2D eigenvalue weighted by Crippen LogP contribution is 2.54. The van der Waals surface area contributed by atoms with Gasteiger partial charge in [-0.05, 0) is 35.6 Å². The molecule has 0 aliphatic carbocycles. The SMILES string of the molecule is c1ccc(CC2(Sc3ccccn3)SCCCS2)cc1. The zero-order chi connectivity index (χ0) is 13.7. The average molecular weight is 320 g/mol. The van der Waals surface area contributed by atoms with E-state index in [-0.39, 0.29) is 3.41 Å². The molecular formula is C16H17NS3. The fraction of sp³-hybridized carbons (Fsp3) is 0.312. The lowest BCUT2D eigenvalue weighted by Crippen LogP contribution is -2.24. The molecule has 1 aliphatic rings. The molecule has 0 radical (unpaired) electrons. The number of aromatic nitrogens is 1. The van der Waals surface area contributed by atoms with E-state index in [1.165, 1.54) is 23.5 Å². The summed E-state index contributed by atoms with van der Waals surface area (Å²) in [6.45, 7) is 0. The van der Waals surface area contributed by atoms with Crippen molar-refractivity contribution in [3.05, 3.63) is 60.3 Å². The van der Waals surface area contributed by atoms with Gasteiger partial charge >= 0.3 is 0 Å². The van der Waals surface area contributed by atoms with Gasteiger partial charge in [0.2, 0.25) is 0 Å². The topological polar surface area (TPSA) is 12.9 Å². The third-order valence-electron chi connectivity index (χ3n) is 3.09. The molecule has 2 heterocycles. The molecule has 1 aliphatic heterocycles. The van der Waals surface area contributed by atoms with Crippen LogP contribution in [0.4, 0.5) is 0 Å². The van der Waals surface area contributed by atoms with E-state index >= 15 is 0 Å². The van der Waals surface area contributed by atoms with Gasteiger partial charge in [0.1, 0.15) is 3.41 Å². The Morgan fingerprint density at radius 2 is 1.75 bits per heavy atom. The second kappa shape index (κ2) is 6.92. The van der Waals surface area contributed by atoms with Gasteiger partial charge in [0, 0.05) is 12.6 Å². The number of thioether (sulfide) groups is 3. The minimum atomic E-state index is 0.175. The van der Waals surface area contributed by atoms with Crippen LogP contribution in [0.2, 0.25) is 0 Å². The Balaban J connectivity index is 1.81. The lowest BCUT2D eigenvalue weighted by molar-refractivity contribution is 0.998. The Bertz CT molecular complexity index is 480. The van der Waals surface area contributed by atoms with Crippen LogP contribution in [-0.4, -0.2) is 19.9 Å². The maximum Gasteiger partial charge on any atom is 0.117 e. The zero-order valence-electron chi connectivity index (χ0n) is 11.2. The smallest absolute Gasteiger partial charge is 0.117 e. The average Bonchev–Trinajstić information content (AvgIpc) is 2.50. The molecule has 0 amide bonds. The van der Waals surface area contributed by atoms with Crippen molar-refractivity contribution in [2.45, 2.75) is 21.3 Å². The highest BCUT2D eigenvalue weighted by molar-refractivity contribution is 8.34. The Kier molecular flexibility index (Phi) is 4.97. The third-order valence-corrected chi connectivity index (χ3v) is 8.07. The highest BCUT2D eigenvalue weighted by atomic mass is 32.3. The molecule has 1 nitrogen and oxygen atoms in total. The first-order valence-corrected chi connectivity index (χ1v) is 9.57. The maximum absolute atomic E-state index is 4.50. The summed E-state index contributed by atoms with van der Waals surface area (Å²) < 4.78 is 0.175. The van der Waals surface area contributed by atoms with Crippen LogP contribution in [0.3, 0.4) is 0 Å². The van der Waals surface area contributed by atoms with Gasteiger partial charge < -0.3 is 0 Å². The van der Waals surface area contributed by atoms with Crippen LogP contribution in [0, 0.1) is 0 Å². The van der Waals surface area contributed by atoms with Crippen LogP contribution in [0.5, 0.6) is 0 Å². The van der Waals surface area contributed by atoms with Crippen LogP contribution < -0.4 is 0 Å². The second-order valence-electron chi connectivity index (χ2n) is 4.67. The van der Waals surface area contributed by atoms with Crippen molar-refractivity contribution < 1.29 is 0 Å². The van der Waals surface area contributed by atoms with Gasteiger partial charge in [0.25, 0.3) is 0 Å². The van der Waals surface area contributed by atoms with Gasteiger partial charge in [-0.25, -0.2) is 4.98 Å². The third kappa shape index (κ3) is 3.74. The molecule has 20 heavy (non-hydrogen) atoms. The van der Waals surface area contributed by atoms with E-state index in [4.69, 9.17) is 0 Å². The van der Waals surface area contributed by atoms with E-state index in [2.05, 4.69) is 71.0 Å². The Hall–Kier alpha value is -0.580. The number of hydrogen-bond acceptors (Lipinski definition) is 4. The van der Waals surface area contributed by atoms with Crippen LogP contribution in [-0.2, 0) is 6.42 Å². The fourth-order valence-electron chi connectivity index (χ4n) is 2.17. The van der Waals surface area contributed by atoms with Crippen LogP contribution in [0.25, 0.3) is 0 Å². The molecule has 0 saturated carbocycles. The molecule has 1 fully saturated rings. The summed E-state index contributed by atoms with van der Waals surface area (Å²) in [5, 5.41) is 1.13. The second-order valence-corrected chi connectivity index (χ2v) is 9.55. The number of nitrogens with zero attached hydrogens (tertiary/aromatic N) is 1. The minimum absolute atomic E-state index is 0.175. The van der Waals surface area contributed by atoms with Gasteiger partial charge in [-0.2, -0.15) is 0 Å². The Labute approximate surface area is 133 Å². The van der Waals surface area contributed by atoms with Gasteiger partial charge in [0.05, 0.1) is 5.03 Å². The number of hydrogen-bond donors (Lipinski definition) is 0. The van der Waals surface area contributed by atoms with E-state index in [0.29, 0.717) is 0 Å². The molecule has 2 aromatic rings. The lowest BCUT2D eigenvalue weighted by atomic mass is 10.2. The summed E-state index contributed by atoms with van der Waals surface area (Å²) in [5.41, 5.74) is 1.41. The summed E-state index contributed by atoms with van der Waals surface area (Å²) in [6, 6.07) is 17.0. The monoisotopic (exact) mass is 319 g/mol. The van der Waals surface area contributed by atoms with E-state index in [0.717, 1.165) is 11.4 Å². The molecule has 3 rings (SSSR count). The largest absolute Gasteiger partial charge is 0.250 e. The molecule has 1 saturated heterocycles. The lowest BCUT2D eigenvalue weighted by Gasteiger charge is -2.35. The van der Waals surface area contributed by atoms with Crippen LogP contribution in [0.1, 0.15) is 12.0 Å². The van der Waals surface area contributed by atoms with Gasteiger partial charge in [0.15, 0.2) is 0 Å². The molecular weight excluding hydrogens is 302 g/mol. The zero-order valence-corrected chi connectivity index (χ0v) is 13.6. The Morgan fingerprint density at radius 3 is 2.45 bits per heavy atom. The van der Waals surface area contributed by atoms with Gasteiger partial charge in [-0.15, -0.1) is 23.5 Å². The van der Waals surface area contributed by atoms with Crippen molar-refractivity contribution in [1.82, 2.24) is 4.98 Å². The van der Waals surface area contributed by atoms with E-state index in [9.17, 15) is 0 Å². The van der Waals surface area contributed by atoms with Crippen LogP contribution in [0.15, 0.2) is 59.8 Å². The normalized spacial score (nSPS) is 17.8. The van der Waals surface area contributed by atoms with E-state index < -0.39 is 0 Å². The first-order valence-electron chi connectivity index (χ1n) is 6.78. The van der Waals surface area contributed by atoms with Crippen molar-refractivity contribution in [3.63, 3.8) is 0 Å². The van der Waals surface area contributed by atoms with Gasteiger partial charge in [-0.3, -0.25) is 0 Å². The fourth-order valence-corrected chi connectivity index (χ4v) is 7.22. The first kappa shape index (κ1) is 14.4. The summed E-state index contributed by atoms with van der Waals surface area (Å²) in [5.74, 6) is 2.50. The van der Waals surface area contributed by atoms with Crippen LogP contribution >= 0.6 is 35.3 Å². The van der Waals surface area contributed by atoms with Crippen molar-refractivity contribution in [2.24, 2.45) is 0 Å². The number of pyridine rings is 1. The van der Waals surface area contributed by atoms with Crippen molar-refractivity contribution in [3.8, 4) is 0 Å². The maximum atomic E-state index is 4.50. The molecule has 104 valence electrons. The van der Waals surface area contributed by atoms with Crippen molar-refractivity contribution in [2.75, 3.05) is 11.5 Å². The summed E-state index contributed by atoms with van der Waals surface area (Å²) in [6.07, 6.45) is 4.29. The van der Waals surface area contributed by atoms with E-state index in [1.807, 2.05) is 24.0 Å². The molecule has 0 bridgehead atoms. The standard InChI is InChI=1S/C16H17NS3/c1-2-7-14(8-3-1)13-16(18-11-6-12-19-16)20-15-9-4-5-10-17-15/h1-5,7-10H,6,11-13H2. The molecule has 0 unspecified atom stereocenters. The van der Waals surface area contributed by atoms with Crippen molar-refractivity contribution >= 4 is 35.3 Å². The summed E-state index contributed by atoms with van der Waals surface area (Å²) in [4.78, 5) is 4.50. The van der Waals surface area contributed by atoms with E-state index in [1.54, 1.807) is 0 Å². The molecule has 1 aromatic heterocycles.